The Kier molecular flexibility index (Phi) is 2.74. The summed E-state index contributed by atoms with van der Waals surface area (Å²) in [6.07, 6.45) is 2.72. The Morgan fingerprint density at radius 3 is 2.69 bits per heavy atom. The highest BCUT2D eigenvalue weighted by molar-refractivity contribution is 7.18. The number of hydrogen-bond acceptors (Lipinski definition) is 4. The van der Waals surface area contributed by atoms with Crippen LogP contribution in [-0.4, -0.2) is 17.0 Å². The van der Waals surface area contributed by atoms with Crippen LogP contribution < -0.4 is 5.32 Å². The van der Waals surface area contributed by atoms with Gasteiger partial charge in [0.2, 0.25) is 0 Å². The summed E-state index contributed by atoms with van der Waals surface area (Å²) >= 11 is 1.00. The van der Waals surface area contributed by atoms with Gasteiger partial charge >= 0.3 is 5.97 Å². The Balaban J connectivity index is 2.09. The van der Waals surface area contributed by atoms with Gasteiger partial charge in [0.25, 0.3) is 5.91 Å². The first-order chi connectivity index (χ1) is 7.66. The molecule has 82 valence electrons. The largest absolute Gasteiger partial charge is 0.477 e. The second kappa shape index (κ2) is 4.19. The first-order valence-corrected chi connectivity index (χ1v) is 5.15. The number of thiophene rings is 1. The number of carbonyl (C=O) groups excluding carboxylic acids is 1. The van der Waals surface area contributed by atoms with Crippen LogP contribution in [0.15, 0.2) is 35.1 Å². The number of hydrogen-bond donors (Lipinski definition) is 2. The number of rotatable bonds is 3. The number of carbonyl (C=O) groups is 2. The minimum atomic E-state index is -1.01. The van der Waals surface area contributed by atoms with Gasteiger partial charge < -0.3 is 14.8 Å². The number of aromatic carboxylic acids is 1. The molecule has 16 heavy (non-hydrogen) atoms. The normalized spacial score (nSPS) is 10.0. The fourth-order valence-electron chi connectivity index (χ4n) is 1.10. The summed E-state index contributed by atoms with van der Waals surface area (Å²) in [7, 11) is 0. The summed E-state index contributed by atoms with van der Waals surface area (Å²) in [5.74, 6) is -1.33. The van der Waals surface area contributed by atoms with Gasteiger partial charge in [0.15, 0.2) is 0 Å². The number of anilines is 1. The van der Waals surface area contributed by atoms with Crippen LogP contribution in [0.2, 0.25) is 0 Å². The van der Waals surface area contributed by atoms with Crippen LogP contribution in [0.5, 0.6) is 0 Å². The molecule has 0 spiro atoms. The zero-order valence-electron chi connectivity index (χ0n) is 7.97. The molecule has 0 saturated heterocycles. The fourth-order valence-corrected chi connectivity index (χ4v) is 1.84. The number of carboxylic acids is 1. The molecule has 2 aromatic heterocycles. The average molecular weight is 237 g/mol. The zero-order chi connectivity index (χ0) is 11.5. The Labute approximate surface area is 94.3 Å². The quantitative estimate of drug-likeness (QED) is 0.858. The molecule has 5 nitrogen and oxygen atoms in total. The van der Waals surface area contributed by atoms with Crippen LogP contribution >= 0.6 is 11.3 Å². The summed E-state index contributed by atoms with van der Waals surface area (Å²) in [4.78, 5) is 22.3. The lowest BCUT2D eigenvalue weighted by Gasteiger charge is -1.97. The van der Waals surface area contributed by atoms with Crippen molar-refractivity contribution >= 4 is 28.2 Å². The SMILES string of the molecule is O=C(Nc1ccc(C(=O)O)s1)c1ccoc1. The summed E-state index contributed by atoms with van der Waals surface area (Å²) < 4.78 is 4.77. The van der Waals surface area contributed by atoms with Gasteiger partial charge in [-0.25, -0.2) is 4.79 Å². The molecule has 0 saturated carbocycles. The van der Waals surface area contributed by atoms with Gasteiger partial charge in [-0.15, -0.1) is 11.3 Å². The van der Waals surface area contributed by atoms with E-state index >= 15 is 0 Å². The lowest BCUT2D eigenvalue weighted by atomic mass is 10.3. The van der Waals surface area contributed by atoms with Crippen molar-refractivity contribution in [2.45, 2.75) is 0 Å². The monoisotopic (exact) mass is 237 g/mol. The lowest BCUT2D eigenvalue weighted by molar-refractivity contribution is 0.0702. The smallest absolute Gasteiger partial charge is 0.345 e. The van der Waals surface area contributed by atoms with Crippen molar-refractivity contribution in [2.24, 2.45) is 0 Å². The fraction of sp³-hybridized carbons (Fsp3) is 0. The van der Waals surface area contributed by atoms with E-state index in [0.717, 1.165) is 11.3 Å². The van der Waals surface area contributed by atoms with Gasteiger partial charge in [-0.05, 0) is 18.2 Å². The van der Waals surface area contributed by atoms with Crippen molar-refractivity contribution in [1.82, 2.24) is 0 Å². The number of amides is 1. The maximum Gasteiger partial charge on any atom is 0.345 e. The molecule has 2 aromatic rings. The van der Waals surface area contributed by atoms with E-state index in [1.54, 1.807) is 6.07 Å². The predicted molar refractivity (Wildman–Crippen MR) is 57.9 cm³/mol. The molecule has 2 heterocycles. The van der Waals surface area contributed by atoms with Crippen LogP contribution in [0.3, 0.4) is 0 Å². The predicted octanol–water partition coefficient (Wildman–Crippen LogP) is 2.29. The van der Waals surface area contributed by atoms with Crippen molar-refractivity contribution in [3.8, 4) is 0 Å². The molecule has 0 unspecified atom stereocenters. The van der Waals surface area contributed by atoms with Gasteiger partial charge in [0.1, 0.15) is 11.1 Å². The first kappa shape index (κ1) is 10.4. The van der Waals surface area contributed by atoms with Gasteiger partial charge in [-0.2, -0.15) is 0 Å². The standard InChI is InChI=1S/C10H7NO4S/c12-9(6-3-4-15-5-6)11-8-2-1-7(16-8)10(13)14/h1-5H,(H,11,12)(H,13,14). The van der Waals surface area contributed by atoms with E-state index < -0.39 is 5.97 Å². The zero-order valence-corrected chi connectivity index (χ0v) is 8.78. The maximum absolute atomic E-state index is 11.5. The molecule has 2 N–H and O–H groups in total. The third kappa shape index (κ3) is 2.12. The highest BCUT2D eigenvalue weighted by atomic mass is 32.1. The maximum atomic E-state index is 11.5. The van der Waals surface area contributed by atoms with E-state index in [9.17, 15) is 9.59 Å². The summed E-state index contributed by atoms with van der Waals surface area (Å²) in [5, 5.41) is 11.8. The lowest BCUT2D eigenvalue weighted by Crippen LogP contribution is -2.09. The molecule has 0 aromatic carbocycles. The van der Waals surface area contributed by atoms with E-state index in [2.05, 4.69) is 5.32 Å². The molecular weight excluding hydrogens is 230 g/mol. The van der Waals surface area contributed by atoms with Crippen LogP contribution in [0.1, 0.15) is 20.0 Å². The van der Waals surface area contributed by atoms with Crippen LogP contribution in [-0.2, 0) is 0 Å². The van der Waals surface area contributed by atoms with Crippen molar-refractivity contribution in [1.29, 1.82) is 0 Å². The Morgan fingerprint density at radius 2 is 2.12 bits per heavy atom. The van der Waals surface area contributed by atoms with Crippen molar-refractivity contribution < 1.29 is 19.1 Å². The molecule has 0 fully saturated rings. The molecule has 0 radical (unpaired) electrons. The van der Waals surface area contributed by atoms with Gasteiger partial charge in [-0.3, -0.25) is 4.79 Å². The Hall–Kier alpha value is -2.08. The number of carboxylic acid groups (broad SMARTS) is 1. The molecule has 0 aliphatic rings. The second-order valence-corrected chi connectivity index (χ2v) is 4.02. The minimum absolute atomic E-state index is 0.183. The minimum Gasteiger partial charge on any atom is -0.477 e. The molecule has 2 rings (SSSR count). The molecule has 6 heteroatoms. The number of nitrogens with one attached hydrogen (secondary N) is 1. The third-order valence-electron chi connectivity index (χ3n) is 1.84. The average Bonchev–Trinajstić information content (AvgIpc) is 2.87. The van der Waals surface area contributed by atoms with Crippen molar-refractivity contribution in [2.75, 3.05) is 5.32 Å². The van der Waals surface area contributed by atoms with E-state index in [1.807, 2.05) is 0 Å². The number of furan rings is 1. The molecule has 0 atom stereocenters. The van der Waals surface area contributed by atoms with Gasteiger partial charge in [-0.1, -0.05) is 0 Å². The topological polar surface area (TPSA) is 79.5 Å². The van der Waals surface area contributed by atoms with E-state index in [4.69, 9.17) is 9.52 Å². The van der Waals surface area contributed by atoms with Crippen molar-refractivity contribution in [3.05, 3.63) is 41.2 Å². The Morgan fingerprint density at radius 1 is 1.31 bits per heavy atom. The molecule has 0 aliphatic carbocycles. The van der Waals surface area contributed by atoms with Crippen LogP contribution in [0.25, 0.3) is 0 Å². The van der Waals surface area contributed by atoms with E-state index in [1.165, 1.54) is 24.7 Å². The second-order valence-electron chi connectivity index (χ2n) is 2.94. The summed E-state index contributed by atoms with van der Waals surface area (Å²) in [6.45, 7) is 0. The summed E-state index contributed by atoms with van der Waals surface area (Å²) in [5.41, 5.74) is 0.394. The van der Waals surface area contributed by atoms with Crippen LogP contribution in [0, 0.1) is 0 Å². The Bertz CT molecular complexity index is 515. The van der Waals surface area contributed by atoms with E-state index in [0.29, 0.717) is 10.6 Å². The van der Waals surface area contributed by atoms with Crippen molar-refractivity contribution in [3.63, 3.8) is 0 Å². The highest BCUT2D eigenvalue weighted by Crippen LogP contribution is 2.22. The first-order valence-electron chi connectivity index (χ1n) is 4.33. The molecule has 1 amide bonds. The van der Waals surface area contributed by atoms with Crippen LogP contribution in [0.4, 0.5) is 5.00 Å². The molecule has 0 bridgehead atoms. The highest BCUT2D eigenvalue weighted by Gasteiger charge is 2.11. The van der Waals surface area contributed by atoms with Gasteiger partial charge in [0, 0.05) is 0 Å². The molecule has 0 aliphatic heterocycles. The van der Waals surface area contributed by atoms with Gasteiger partial charge in [0.05, 0.1) is 16.8 Å². The molecular formula is C10H7NO4S. The summed E-state index contributed by atoms with van der Waals surface area (Å²) in [6, 6.07) is 4.52. The third-order valence-corrected chi connectivity index (χ3v) is 2.83. The van der Waals surface area contributed by atoms with E-state index in [-0.39, 0.29) is 10.8 Å².